The van der Waals surface area contributed by atoms with Crippen molar-refractivity contribution in [3.05, 3.63) is 29.6 Å². The molecule has 18 heavy (non-hydrogen) atoms. The molecule has 0 bridgehead atoms. The van der Waals surface area contributed by atoms with Gasteiger partial charge >= 0.3 is 0 Å². The predicted octanol–water partition coefficient (Wildman–Crippen LogP) is 2.30. The summed E-state index contributed by atoms with van der Waals surface area (Å²) in [5.41, 5.74) is 0.641. The molecule has 1 aromatic carbocycles. The Morgan fingerprint density at radius 2 is 2.00 bits per heavy atom. The fourth-order valence-electron chi connectivity index (χ4n) is 2.12. The van der Waals surface area contributed by atoms with Crippen molar-refractivity contribution in [1.82, 2.24) is 9.80 Å². The number of halogens is 1. The van der Waals surface area contributed by atoms with Crippen LogP contribution in [-0.2, 0) is 6.54 Å². The minimum absolute atomic E-state index is 0.159. The van der Waals surface area contributed by atoms with Gasteiger partial charge in [-0.25, -0.2) is 4.39 Å². The van der Waals surface area contributed by atoms with Gasteiger partial charge in [0.1, 0.15) is 11.6 Å². The van der Waals surface area contributed by atoms with Crippen LogP contribution in [0.4, 0.5) is 4.39 Å². The van der Waals surface area contributed by atoms with Crippen molar-refractivity contribution in [2.24, 2.45) is 0 Å². The summed E-state index contributed by atoms with van der Waals surface area (Å²) < 4.78 is 13.2. The van der Waals surface area contributed by atoms with Gasteiger partial charge in [0, 0.05) is 24.7 Å². The molecule has 0 amide bonds. The highest BCUT2D eigenvalue weighted by Crippen LogP contribution is 2.20. The SMILES string of the molecule is CCN(Cc1cc(F)ccc1O)C(C)CN(C)C. The molecule has 1 aromatic rings. The third kappa shape index (κ3) is 4.27. The monoisotopic (exact) mass is 254 g/mol. The summed E-state index contributed by atoms with van der Waals surface area (Å²) in [6, 6.07) is 4.45. The molecule has 1 N–H and O–H groups in total. The third-order valence-corrected chi connectivity index (χ3v) is 3.07. The van der Waals surface area contributed by atoms with Gasteiger partial charge in [-0.05, 0) is 45.8 Å². The van der Waals surface area contributed by atoms with Crippen molar-refractivity contribution in [1.29, 1.82) is 0 Å². The number of hydrogen-bond acceptors (Lipinski definition) is 3. The third-order valence-electron chi connectivity index (χ3n) is 3.07. The molecule has 0 saturated heterocycles. The van der Waals surface area contributed by atoms with Crippen LogP contribution in [0.1, 0.15) is 19.4 Å². The van der Waals surface area contributed by atoms with Crippen LogP contribution in [0.25, 0.3) is 0 Å². The first-order chi connectivity index (χ1) is 8.43. The second-order valence-electron chi connectivity index (χ2n) is 4.95. The van der Waals surface area contributed by atoms with E-state index < -0.39 is 0 Å². The number of nitrogens with zero attached hydrogens (tertiary/aromatic N) is 2. The Morgan fingerprint density at radius 1 is 1.33 bits per heavy atom. The van der Waals surface area contributed by atoms with Gasteiger partial charge in [0.15, 0.2) is 0 Å². The van der Waals surface area contributed by atoms with Gasteiger partial charge in [0.25, 0.3) is 0 Å². The number of aromatic hydroxyl groups is 1. The van der Waals surface area contributed by atoms with Crippen molar-refractivity contribution in [2.75, 3.05) is 27.2 Å². The molecule has 0 fully saturated rings. The van der Waals surface area contributed by atoms with E-state index >= 15 is 0 Å². The number of hydrogen-bond donors (Lipinski definition) is 1. The molecule has 0 aliphatic rings. The van der Waals surface area contributed by atoms with Crippen LogP contribution < -0.4 is 0 Å². The Kier molecular flexibility index (Phi) is 5.56. The summed E-state index contributed by atoms with van der Waals surface area (Å²) in [5, 5.41) is 9.74. The van der Waals surface area contributed by atoms with Crippen LogP contribution in [0.3, 0.4) is 0 Å². The van der Waals surface area contributed by atoms with E-state index in [1.807, 2.05) is 14.1 Å². The Bertz CT molecular complexity index is 382. The minimum Gasteiger partial charge on any atom is -0.508 e. The lowest BCUT2D eigenvalue weighted by atomic mass is 10.1. The average Bonchev–Trinajstić information content (AvgIpc) is 2.29. The zero-order valence-electron chi connectivity index (χ0n) is 11.7. The maximum absolute atomic E-state index is 13.2. The van der Waals surface area contributed by atoms with Crippen LogP contribution in [0, 0.1) is 5.82 Å². The Hall–Kier alpha value is -1.13. The number of phenolic OH excluding ortho intramolecular Hbond substituents is 1. The molecule has 0 radical (unpaired) electrons. The van der Waals surface area contributed by atoms with E-state index in [1.165, 1.54) is 18.2 Å². The summed E-state index contributed by atoms with van der Waals surface area (Å²) in [5.74, 6) is -0.147. The number of likely N-dealkylation sites (N-methyl/N-ethyl adjacent to an activating group) is 2. The first-order valence-electron chi connectivity index (χ1n) is 6.30. The highest BCUT2D eigenvalue weighted by Gasteiger charge is 2.15. The highest BCUT2D eigenvalue weighted by atomic mass is 19.1. The molecular formula is C14H23FN2O. The predicted molar refractivity (Wildman–Crippen MR) is 72.2 cm³/mol. The molecule has 0 saturated carbocycles. The van der Waals surface area contributed by atoms with Crippen LogP contribution in [0.15, 0.2) is 18.2 Å². The number of rotatable bonds is 6. The van der Waals surface area contributed by atoms with Gasteiger partial charge in [-0.2, -0.15) is 0 Å². The molecule has 102 valence electrons. The summed E-state index contributed by atoms with van der Waals surface area (Å²) in [4.78, 5) is 4.34. The van der Waals surface area contributed by atoms with Gasteiger partial charge in [0.2, 0.25) is 0 Å². The lowest BCUT2D eigenvalue weighted by Gasteiger charge is -2.30. The van der Waals surface area contributed by atoms with E-state index in [1.54, 1.807) is 0 Å². The summed E-state index contributed by atoms with van der Waals surface area (Å²) in [7, 11) is 4.06. The van der Waals surface area contributed by atoms with Gasteiger partial charge in [0.05, 0.1) is 0 Å². The van der Waals surface area contributed by atoms with Crippen LogP contribution in [-0.4, -0.2) is 48.1 Å². The van der Waals surface area contributed by atoms with E-state index in [0.29, 0.717) is 18.2 Å². The Morgan fingerprint density at radius 3 is 2.56 bits per heavy atom. The molecule has 1 rings (SSSR count). The zero-order chi connectivity index (χ0) is 13.7. The van der Waals surface area contributed by atoms with Crippen molar-refractivity contribution < 1.29 is 9.50 Å². The average molecular weight is 254 g/mol. The van der Waals surface area contributed by atoms with Crippen molar-refractivity contribution in [2.45, 2.75) is 26.4 Å². The fraction of sp³-hybridized carbons (Fsp3) is 0.571. The fourth-order valence-corrected chi connectivity index (χ4v) is 2.12. The molecule has 1 atom stereocenters. The summed E-state index contributed by atoms with van der Waals surface area (Å²) in [6.45, 7) is 6.58. The van der Waals surface area contributed by atoms with Gasteiger partial charge in [-0.3, -0.25) is 4.90 Å². The number of phenols is 1. The standard InChI is InChI=1S/C14H23FN2O/c1-5-17(11(2)9-16(3)4)10-12-8-13(15)6-7-14(12)18/h6-8,11,18H,5,9-10H2,1-4H3. The minimum atomic E-state index is -0.306. The van der Waals surface area contributed by atoms with Gasteiger partial charge < -0.3 is 10.0 Å². The molecule has 0 spiro atoms. The van der Waals surface area contributed by atoms with Crippen LogP contribution in [0.2, 0.25) is 0 Å². The van der Waals surface area contributed by atoms with Crippen molar-refractivity contribution >= 4 is 0 Å². The zero-order valence-corrected chi connectivity index (χ0v) is 11.7. The second-order valence-corrected chi connectivity index (χ2v) is 4.95. The van der Waals surface area contributed by atoms with E-state index in [2.05, 4.69) is 23.6 Å². The molecule has 1 unspecified atom stereocenters. The van der Waals surface area contributed by atoms with Gasteiger partial charge in [-0.1, -0.05) is 6.92 Å². The first-order valence-corrected chi connectivity index (χ1v) is 6.30. The van der Waals surface area contributed by atoms with E-state index in [9.17, 15) is 9.50 Å². The first kappa shape index (κ1) is 14.9. The summed E-state index contributed by atoms with van der Waals surface area (Å²) in [6.07, 6.45) is 0. The lowest BCUT2D eigenvalue weighted by Crippen LogP contribution is -2.39. The smallest absolute Gasteiger partial charge is 0.123 e. The molecule has 3 nitrogen and oxygen atoms in total. The normalized spacial score (nSPS) is 13.3. The summed E-state index contributed by atoms with van der Waals surface area (Å²) >= 11 is 0. The molecule has 4 heteroatoms. The molecule has 0 aliphatic heterocycles. The molecule has 0 aliphatic carbocycles. The topological polar surface area (TPSA) is 26.7 Å². The number of benzene rings is 1. The van der Waals surface area contributed by atoms with Gasteiger partial charge in [-0.15, -0.1) is 0 Å². The Balaban J connectivity index is 2.76. The quantitative estimate of drug-likeness (QED) is 0.844. The van der Waals surface area contributed by atoms with Crippen molar-refractivity contribution in [3.8, 4) is 5.75 Å². The largest absolute Gasteiger partial charge is 0.508 e. The molecule has 0 heterocycles. The Labute approximate surface area is 109 Å². The molecular weight excluding hydrogens is 231 g/mol. The van der Waals surface area contributed by atoms with E-state index in [4.69, 9.17) is 0 Å². The van der Waals surface area contributed by atoms with E-state index in [0.717, 1.165) is 13.1 Å². The maximum atomic E-state index is 13.2. The maximum Gasteiger partial charge on any atom is 0.123 e. The lowest BCUT2D eigenvalue weighted by molar-refractivity contribution is 0.172. The van der Waals surface area contributed by atoms with Crippen LogP contribution in [0.5, 0.6) is 5.75 Å². The molecule has 0 aromatic heterocycles. The highest BCUT2D eigenvalue weighted by molar-refractivity contribution is 5.32. The van der Waals surface area contributed by atoms with E-state index in [-0.39, 0.29) is 11.6 Å². The van der Waals surface area contributed by atoms with Crippen LogP contribution >= 0.6 is 0 Å². The van der Waals surface area contributed by atoms with Crippen molar-refractivity contribution in [3.63, 3.8) is 0 Å². The second kappa shape index (κ2) is 6.71.